The van der Waals surface area contributed by atoms with Gasteiger partial charge in [0, 0.05) is 37.7 Å². The normalized spacial score (nSPS) is 11.9. The molecule has 6 heteroatoms. The Kier molecular flexibility index (Phi) is 5.26. The van der Waals surface area contributed by atoms with Gasteiger partial charge in [0.15, 0.2) is 0 Å². The number of hydrogen-bond acceptors (Lipinski definition) is 4. The molecule has 0 aliphatic carbocycles. The van der Waals surface area contributed by atoms with Crippen LogP contribution in [-0.2, 0) is 4.79 Å². The number of nitrogens with one attached hydrogen (secondary N) is 2. The van der Waals surface area contributed by atoms with Crippen LogP contribution in [0.5, 0.6) is 0 Å². The number of benzene rings is 1. The average Bonchev–Trinajstić information content (AvgIpc) is 2.38. The first-order valence-corrected chi connectivity index (χ1v) is 5.73. The molecule has 0 saturated heterocycles. The third-order valence-corrected chi connectivity index (χ3v) is 2.68. The molecule has 0 radical (unpaired) electrons. The number of rotatable bonds is 6. The standard InChI is InChI=1S/C12H17N3O3/c1-9(14-8-7-12(16)13-2)10-5-3-4-6-11(10)15(17)18/h3-6,9,14H,7-8H2,1-2H3,(H,13,16). The number of carbonyl (C=O) groups excluding carboxylic acids is 1. The van der Waals surface area contributed by atoms with Crippen LogP contribution >= 0.6 is 0 Å². The largest absolute Gasteiger partial charge is 0.359 e. The number of para-hydroxylation sites is 1. The number of nitrogens with zero attached hydrogens (tertiary/aromatic N) is 1. The third-order valence-electron chi connectivity index (χ3n) is 2.68. The molecule has 1 amide bonds. The zero-order valence-corrected chi connectivity index (χ0v) is 10.5. The zero-order valence-electron chi connectivity index (χ0n) is 10.5. The van der Waals surface area contributed by atoms with E-state index in [9.17, 15) is 14.9 Å². The molecule has 1 unspecified atom stereocenters. The second-order valence-corrected chi connectivity index (χ2v) is 3.91. The van der Waals surface area contributed by atoms with E-state index in [0.717, 1.165) is 0 Å². The smallest absolute Gasteiger partial charge is 0.274 e. The molecule has 0 aliphatic rings. The van der Waals surface area contributed by atoms with Gasteiger partial charge in [-0.3, -0.25) is 14.9 Å². The van der Waals surface area contributed by atoms with Gasteiger partial charge in [0.25, 0.3) is 5.69 Å². The molecule has 0 bridgehead atoms. The molecule has 1 rings (SSSR count). The molecule has 2 N–H and O–H groups in total. The summed E-state index contributed by atoms with van der Waals surface area (Å²) in [5.41, 5.74) is 0.719. The number of nitro groups is 1. The predicted octanol–water partition coefficient (Wildman–Crippen LogP) is 1.38. The highest BCUT2D eigenvalue weighted by molar-refractivity contribution is 5.75. The molecular weight excluding hydrogens is 234 g/mol. The van der Waals surface area contributed by atoms with E-state index < -0.39 is 4.92 Å². The minimum atomic E-state index is -0.397. The lowest BCUT2D eigenvalue weighted by molar-refractivity contribution is -0.385. The molecule has 1 aromatic carbocycles. The Morgan fingerprint density at radius 2 is 2.11 bits per heavy atom. The Hall–Kier alpha value is -1.95. The van der Waals surface area contributed by atoms with Crippen molar-refractivity contribution in [2.45, 2.75) is 19.4 Å². The van der Waals surface area contributed by atoms with Crippen molar-refractivity contribution < 1.29 is 9.72 Å². The van der Waals surface area contributed by atoms with Gasteiger partial charge in [0.2, 0.25) is 5.91 Å². The molecule has 0 spiro atoms. The van der Waals surface area contributed by atoms with Gasteiger partial charge in [-0.2, -0.15) is 0 Å². The first-order chi connectivity index (χ1) is 8.56. The molecule has 0 aromatic heterocycles. The molecule has 18 heavy (non-hydrogen) atoms. The van der Waals surface area contributed by atoms with Gasteiger partial charge in [-0.15, -0.1) is 0 Å². The van der Waals surface area contributed by atoms with Crippen molar-refractivity contribution in [3.05, 3.63) is 39.9 Å². The van der Waals surface area contributed by atoms with Crippen molar-refractivity contribution in [3.63, 3.8) is 0 Å². The van der Waals surface area contributed by atoms with E-state index >= 15 is 0 Å². The van der Waals surface area contributed by atoms with Crippen LogP contribution in [0.25, 0.3) is 0 Å². The van der Waals surface area contributed by atoms with Gasteiger partial charge >= 0.3 is 0 Å². The maximum absolute atomic E-state index is 11.0. The van der Waals surface area contributed by atoms with Crippen LogP contribution in [0, 0.1) is 10.1 Å². The fourth-order valence-corrected chi connectivity index (χ4v) is 1.66. The summed E-state index contributed by atoms with van der Waals surface area (Å²) in [6.07, 6.45) is 0.349. The highest BCUT2D eigenvalue weighted by Crippen LogP contribution is 2.24. The molecule has 1 atom stereocenters. The summed E-state index contributed by atoms with van der Waals surface area (Å²) in [5.74, 6) is -0.0581. The van der Waals surface area contributed by atoms with Crippen molar-refractivity contribution in [2.75, 3.05) is 13.6 Å². The highest BCUT2D eigenvalue weighted by Gasteiger charge is 2.17. The lowest BCUT2D eigenvalue weighted by atomic mass is 10.1. The summed E-state index contributed by atoms with van der Waals surface area (Å²) in [4.78, 5) is 21.5. The number of carbonyl (C=O) groups is 1. The van der Waals surface area contributed by atoms with Crippen molar-refractivity contribution in [2.24, 2.45) is 0 Å². The summed E-state index contributed by atoms with van der Waals surface area (Å²) in [7, 11) is 1.58. The Balaban J connectivity index is 2.64. The van der Waals surface area contributed by atoms with Crippen LogP contribution in [0.2, 0.25) is 0 Å². The van der Waals surface area contributed by atoms with Crippen LogP contribution < -0.4 is 10.6 Å². The Labute approximate surface area is 106 Å². The fourth-order valence-electron chi connectivity index (χ4n) is 1.66. The highest BCUT2D eigenvalue weighted by atomic mass is 16.6. The minimum absolute atomic E-state index is 0.0581. The minimum Gasteiger partial charge on any atom is -0.359 e. The molecule has 0 saturated carbocycles. The van der Waals surface area contributed by atoms with E-state index in [1.807, 2.05) is 6.92 Å². The second-order valence-electron chi connectivity index (χ2n) is 3.91. The van der Waals surface area contributed by atoms with Crippen LogP contribution in [0.1, 0.15) is 24.9 Å². The molecule has 0 aliphatic heterocycles. The molecule has 1 aromatic rings. The van der Waals surface area contributed by atoms with E-state index in [-0.39, 0.29) is 17.6 Å². The van der Waals surface area contributed by atoms with Gasteiger partial charge in [-0.25, -0.2) is 0 Å². The molecule has 98 valence electrons. The number of nitro benzene ring substituents is 1. The summed E-state index contributed by atoms with van der Waals surface area (Å²) in [6, 6.07) is 6.43. The lowest BCUT2D eigenvalue weighted by Gasteiger charge is -2.13. The SMILES string of the molecule is CNC(=O)CCNC(C)c1ccccc1[N+](=O)[O-]. The van der Waals surface area contributed by atoms with Gasteiger partial charge in [-0.05, 0) is 6.92 Å². The number of hydrogen-bond donors (Lipinski definition) is 2. The molecular formula is C12H17N3O3. The molecule has 0 fully saturated rings. The lowest BCUT2D eigenvalue weighted by Crippen LogP contribution is -2.26. The number of amides is 1. The fraction of sp³-hybridized carbons (Fsp3) is 0.417. The van der Waals surface area contributed by atoms with Crippen molar-refractivity contribution in [1.82, 2.24) is 10.6 Å². The average molecular weight is 251 g/mol. The van der Waals surface area contributed by atoms with Crippen LogP contribution in [0.4, 0.5) is 5.69 Å². The first kappa shape index (κ1) is 14.1. The summed E-state index contributed by atoms with van der Waals surface area (Å²) in [5, 5.41) is 16.5. The Morgan fingerprint density at radius 3 is 2.72 bits per heavy atom. The zero-order chi connectivity index (χ0) is 13.5. The van der Waals surface area contributed by atoms with Crippen LogP contribution in [-0.4, -0.2) is 24.4 Å². The topological polar surface area (TPSA) is 84.3 Å². The van der Waals surface area contributed by atoms with Gasteiger partial charge in [0.05, 0.1) is 4.92 Å². The maximum atomic E-state index is 11.0. The first-order valence-electron chi connectivity index (χ1n) is 5.73. The molecule has 6 nitrogen and oxygen atoms in total. The molecule has 0 heterocycles. The monoisotopic (exact) mass is 251 g/mol. The predicted molar refractivity (Wildman–Crippen MR) is 68.2 cm³/mol. The van der Waals surface area contributed by atoms with Gasteiger partial charge in [0.1, 0.15) is 0 Å². The Morgan fingerprint density at radius 1 is 1.44 bits per heavy atom. The van der Waals surface area contributed by atoms with E-state index in [0.29, 0.717) is 18.5 Å². The van der Waals surface area contributed by atoms with Crippen LogP contribution in [0.15, 0.2) is 24.3 Å². The summed E-state index contributed by atoms with van der Waals surface area (Å²) >= 11 is 0. The Bertz CT molecular complexity index is 434. The second kappa shape index (κ2) is 6.70. The maximum Gasteiger partial charge on any atom is 0.274 e. The van der Waals surface area contributed by atoms with Gasteiger partial charge < -0.3 is 10.6 Å². The van der Waals surface area contributed by atoms with Crippen molar-refractivity contribution in [3.8, 4) is 0 Å². The van der Waals surface area contributed by atoms with Crippen molar-refractivity contribution in [1.29, 1.82) is 0 Å². The summed E-state index contributed by atoms with van der Waals surface area (Å²) in [6.45, 7) is 2.32. The summed E-state index contributed by atoms with van der Waals surface area (Å²) < 4.78 is 0. The van der Waals surface area contributed by atoms with E-state index in [1.165, 1.54) is 6.07 Å². The third kappa shape index (κ3) is 3.81. The van der Waals surface area contributed by atoms with Gasteiger partial charge in [-0.1, -0.05) is 18.2 Å². The van der Waals surface area contributed by atoms with E-state index in [2.05, 4.69) is 10.6 Å². The van der Waals surface area contributed by atoms with Crippen LogP contribution in [0.3, 0.4) is 0 Å². The van der Waals surface area contributed by atoms with Crippen molar-refractivity contribution >= 4 is 11.6 Å². The van der Waals surface area contributed by atoms with E-state index in [4.69, 9.17) is 0 Å². The quantitative estimate of drug-likeness (QED) is 0.591. The van der Waals surface area contributed by atoms with E-state index in [1.54, 1.807) is 25.2 Å².